The third kappa shape index (κ3) is 1.35. The lowest BCUT2D eigenvalue weighted by atomic mass is 10.4. The van der Waals surface area contributed by atoms with Crippen LogP contribution in [0.1, 0.15) is 0 Å². The molecule has 0 aliphatic carbocycles. The lowest BCUT2D eigenvalue weighted by Crippen LogP contribution is -2.53. The van der Waals surface area contributed by atoms with Crippen molar-refractivity contribution in [2.45, 2.75) is 16.8 Å². The first-order valence-corrected chi connectivity index (χ1v) is 6.20. The van der Waals surface area contributed by atoms with Gasteiger partial charge < -0.3 is 9.67 Å². The van der Waals surface area contributed by atoms with Gasteiger partial charge in [0.05, 0.1) is 20.4 Å². The summed E-state index contributed by atoms with van der Waals surface area (Å²) in [5.74, 6) is 0. The molecule has 3 heterocycles. The van der Waals surface area contributed by atoms with E-state index in [-0.39, 0.29) is 17.5 Å². The molecule has 90 valence electrons. The Morgan fingerprint density at radius 2 is 2.47 bits per heavy atom. The van der Waals surface area contributed by atoms with Crippen molar-refractivity contribution in [1.29, 1.82) is 0 Å². The zero-order valence-electron chi connectivity index (χ0n) is 9.58. The molecule has 0 radical (unpaired) electrons. The smallest absolute Gasteiger partial charge is 0.500 e. The van der Waals surface area contributed by atoms with Crippen molar-refractivity contribution in [3.63, 3.8) is 0 Å². The predicted molar refractivity (Wildman–Crippen MR) is 60.7 cm³/mol. The lowest BCUT2D eigenvalue weighted by molar-refractivity contribution is -0.725. The molecule has 17 heavy (non-hydrogen) atoms. The van der Waals surface area contributed by atoms with E-state index in [2.05, 4.69) is 4.98 Å². The van der Waals surface area contributed by atoms with Crippen LogP contribution in [0.25, 0.3) is 11.2 Å². The number of hydrogen-bond acceptors (Lipinski definition) is 4. The van der Waals surface area contributed by atoms with Gasteiger partial charge in [-0.25, -0.2) is 0 Å². The summed E-state index contributed by atoms with van der Waals surface area (Å²) in [7, 11) is 3.44. The van der Waals surface area contributed by atoms with Gasteiger partial charge in [-0.05, 0) is 0 Å². The van der Waals surface area contributed by atoms with Crippen LogP contribution in [0.15, 0.2) is 16.1 Å². The van der Waals surface area contributed by atoms with Crippen LogP contribution in [0.2, 0.25) is 0 Å². The molecule has 2 aromatic heterocycles. The Morgan fingerprint density at radius 3 is 3.18 bits per heavy atom. The second kappa shape index (κ2) is 3.58. The first-order valence-electron chi connectivity index (χ1n) is 5.32. The summed E-state index contributed by atoms with van der Waals surface area (Å²) in [6.07, 6.45) is 1.70. The van der Waals surface area contributed by atoms with Crippen LogP contribution in [0.4, 0.5) is 0 Å². The quantitative estimate of drug-likeness (QED) is 0.452. The summed E-state index contributed by atoms with van der Waals surface area (Å²) >= 11 is 1.48. The van der Waals surface area contributed by atoms with E-state index in [1.807, 2.05) is 4.57 Å². The maximum atomic E-state index is 12.0. The molecule has 0 N–H and O–H groups in total. The fourth-order valence-electron chi connectivity index (χ4n) is 2.17. The minimum Gasteiger partial charge on any atom is -0.854 e. The molecule has 0 fully saturated rings. The van der Waals surface area contributed by atoms with Gasteiger partial charge in [0.15, 0.2) is 10.5 Å². The van der Waals surface area contributed by atoms with E-state index < -0.39 is 0 Å². The van der Waals surface area contributed by atoms with Crippen molar-refractivity contribution in [2.75, 3.05) is 6.61 Å². The van der Waals surface area contributed by atoms with Crippen LogP contribution >= 0.6 is 11.8 Å². The minimum atomic E-state index is -0.154. The van der Waals surface area contributed by atoms with Gasteiger partial charge in [0.25, 0.3) is 5.65 Å². The van der Waals surface area contributed by atoms with Crippen molar-refractivity contribution in [2.24, 2.45) is 14.1 Å². The second-order valence-electron chi connectivity index (χ2n) is 4.18. The zero-order chi connectivity index (χ0) is 12.2. The molecule has 0 aromatic carbocycles. The van der Waals surface area contributed by atoms with Gasteiger partial charge in [-0.3, -0.25) is 0 Å². The largest absolute Gasteiger partial charge is 0.854 e. The predicted octanol–water partition coefficient (Wildman–Crippen LogP) is -1.61. The zero-order valence-corrected chi connectivity index (χ0v) is 10.4. The van der Waals surface area contributed by atoms with Crippen LogP contribution in [0, 0.1) is 0 Å². The Kier molecular flexibility index (Phi) is 2.27. The van der Waals surface area contributed by atoms with Crippen LogP contribution in [-0.2, 0) is 20.6 Å². The van der Waals surface area contributed by atoms with E-state index in [9.17, 15) is 9.90 Å². The summed E-state index contributed by atoms with van der Waals surface area (Å²) in [5, 5.41) is 11.9. The summed E-state index contributed by atoms with van der Waals surface area (Å²) in [6.45, 7) is 0.509. The van der Waals surface area contributed by atoms with Crippen LogP contribution in [-0.4, -0.2) is 26.0 Å². The van der Waals surface area contributed by atoms with Crippen molar-refractivity contribution < 1.29 is 9.67 Å². The van der Waals surface area contributed by atoms with E-state index in [0.717, 1.165) is 10.5 Å². The molecule has 1 unspecified atom stereocenters. The number of thioether (sulfide) groups is 1. The molecular formula is C10H12N4O2S. The highest BCUT2D eigenvalue weighted by Crippen LogP contribution is 2.31. The first-order chi connectivity index (χ1) is 8.13. The molecule has 1 atom stereocenters. The molecule has 7 heteroatoms. The Labute approximate surface area is 102 Å². The van der Waals surface area contributed by atoms with E-state index >= 15 is 0 Å². The van der Waals surface area contributed by atoms with Gasteiger partial charge in [0, 0.05) is 11.8 Å². The molecule has 1 aliphatic heterocycles. The molecule has 0 bridgehead atoms. The SMILES string of the molecule is Cn1c(=O)[n+](C)c2c3c1ncn3CC(C[O-])S2. The Balaban J connectivity index is 2.40. The Hall–Kier alpha value is -1.34. The molecule has 0 amide bonds. The van der Waals surface area contributed by atoms with E-state index in [1.54, 1.807) is 25.0 Å². The number of hydrogen-bond donors (Lipinski definition) is 0. The Bertz CT molecular complexity index is 660. The molecule has 1 aliphatic rings. The molecule has 2 aromatic rings. The number of imidazole rings is 1. The maximum Gasteiger partial charge on any atom is 0.500 e. The summed E-state index contributed by atoms with van der Waals surface area (Å²) in [5.41, 5.74) is 1.51. The second-order valence-corrected chi connectivity index (χ2v) is 5.47. The van der Waals surface area contributed by atoms with Crippen molar-refractivity contribution in [3.8, 4) is 0 Å². The van der Waals surface area contributed by atoms with Gasteiger partial charge in [0.1, 0.15) is 0 Å². The van der Waals surface area contributed by atoms with Crippen molar-refractivity contribution in [3.05, 3.63) is 16.8 Å². The molecule has 6 nitrogen and oxygen atoms in total. The maximum absolute atomic E-state index is 12.0. The average molecular weight is 252 g/mol. The van der Waals surface area contributed by atoms with Crippen LogP contribution in [0.3, 0.4) is 0 Å². The van der Waals surface area contributed by atoms with Gasteiger partial charge in [-0.2, -0.15) is 18.9 Å². The minimum absolute atomic E-state index is 0.0294. The molecule has 0 saturated heterocycles. The van der Waals surface area contributed by atoms with E-state index in [1.165, 1.54) is 16.3 Å². The number of aromatic nitrogens is 4. The highest BCUT2D eigenvalue weighted by molar-refractivity contribution is 8.00. The Morgan fingerprint density at radius 1 is 1.71 bits per heavy atom. The van der Waals surface area contributed by atoms with Crippen molar-refractivity contribution >= 4 is 22.9 Å². The van der Waals surface area contributed by atoms with Gasteiger partial charge in [-0.15, -0.1) is 6.61 Å². The molecular weight excluding hydrogens is 240 g/mol. The fraction of sp³-hybridized carbons (Fsp3) is 0.500. The van der Waals surface area contributed by atoms with Crippen molar-refractivity contribution in [1.82, 2.24) is 14.1 Å². The average Bonchev–Trinajstić information content (AvgIpc) is 2.77. The van der Waals surface area contributed by atoms with Crippen LogP contribution in [0.5, 0.6) is 0 Å². The van der Waals surface area contributed by atoms with Gasteiger partial charge in [0.2, 0.25) is 0 Å². The van der Waals surface area contributed by atoms with Gasteiger partial charge >= 0.3 is 5.69 Å². The van der Waals surface area contributed by atoms with Crippen LogP contribution < -0.4 is 15.4 Å². The molecule has 0 saturated carbocycles. The monoisotopic (exact) mass is 252 g/mol. The standard InChI is InChI=1S/C10H12N4O2S/c1-12-8-7-9(13(2)10(12)16)17-6(4-15)3-14(7)5-11-8/h5-6H,3-4H2,1-2H3. The first kappa shape index (κ1) is 10.8. The highest BCUT2D eigenvalue weighted by Gasteiger charge is 2.29. The number of aryl methyl sites for hydroxylation is 1. The number of nitrogens with zero attached hydrogens (tertiary/aromatic N) is 4. The number of rotatable bonds is 1. The van der Waals surface area contributed by atoms with E-state index in [0.29, 0.717) is 12.2 Å². The van der Waals surface area contributed by atoms with Gasteiger partial charge in [-0.1, -0.05) is 11.8 Å². The lowest BCUT2D eigenvalue weighted by Gasteiger charge is -2.24. The van der Waals surface area contributed by atoms with E-state index in [4.69, 9.17) is 0 Å². The summed E-state index contributed by atoms with van der Waals surface area (Å²) < 4.78 is 5.09. The summed E-state index contributed by atoms with van der Waals surface area (Å²) in [6, 6.07) is 0. The fourth-order valence-corrected chi connectivity index (χ4v) is 3.35. The highest BCUT2D eigenvalue weighted by atomic mass is 32.2. The molecule has 3 rings (SSSR count). The third-order valence-corrected chi connectivity index (χ3v) is 4.39. The molecule has 0 spiro atoms. The summed E-state index contributed by atoms with van der Waals surface area (Å²) in [4.78, 5) is 16.2. The topological polar surface area (TPSA) is 66.8 Å². The third-order valence-electron chi connectivity index (χ3n) is 3.08. The normalized spacial score (nSPS) is 18.9.